The summed E-state index contributed by atoms with van der Waals surface area (Å²) in [5.74, 6) is 1.26. The van der Waals surface area contributed by atoms with E-state index in [1.54, 1.807) is 4.57 Å². The molecule has 0 saturated carbocycles. The Morgan fingerprint density at radius 2 is 1.94 bits per heavy atom. The van der Waals surface area contributed by atoms with Gasteiger partial charge in [0.05, 0.1) is 5.75 Å². The van der Waals surface area contributed by atoms with E-state index in [-0.39, 0.29) is 0 Å². The Kier molecular flexibility index (Phi) is 7.05. The maximum absolute atomic E-state index is 12.5. The van der Waals surface area contributed by atoms with E-state index < -0.39 is 11.2 Å². The maximum atomic E-state index is 12.5. The van der Waals surface area contributed by atoms with Crippen LogP contribution in [0.1, 0.15) is 38.1 Å². The molecule has 168 valence electrons. The first kappa shape index (κ1) is 22.3. The van der Waals surface area contributed by atoms with Crippen LogP contribution in [0.5, 0.6) is 0 Å². The fraction of sp³-hybridized carbons (Fsp3) is 0.381. The van der Waals surface area contributed by atoms with Gasteiger partial charge in [0.15, 0.2) is 15.5 Å². The van der Waals surface area contributed by atoms with Crippen molar-refractivity contribution in [2.24, 2.45) is 0 Å². The van der Waals surface area contributed by atoms with E-state index in [9.17, 15) is 9.59 Å². The van der Waals surface area contributed by atoms with Crippen LogP contribution in [-0.2, 0) is 25.4 Å². The van der Waals surface area contributed by atoms with Crippen molar-refractivity contribution in [3.8, 4) is 0 Å². The van der Waals surface area contributed by atoms with Crippen molar-refractivity contribution in [1.82, 2.24) is 29.3 Å². The molecule has 0 aliphatic heterocycles. The van der Waals surface area contributed by atoms with Crippen molar-refractivity contribution >= 4 is 39.4 Å². The second kappa shape index (κ2) is 10.1. The molecule has 32 heavy (non-hydrogen) atoms. The molecule has 0 atom stereocenters. The largest absolute Gasteiger partial charge is 0.356 e. The molecular formula is C21H25N7O2S2. The van der Waals surface area contributed by atoms with Crippen molar-refractivity contribution in [2.75, 3.05) is 5.32 Å². The van der Waals surface area contributed by atoms with E-state index in [1.807, 2.05) is 29.7 Å². The van der Waals surface area contributed by atoms with Gasteiger partial charge in [0.2, 0.25) is 5.13 Å². The molecule has 3 heterocycles. The number of anilines is 1. The molecule has 9 nitrogen and oxygen atoms in total. The molecule has 1 aromatic carbocycles. The minimum absolute atomic E-state index is 0.397. The Morgan fingerprint density at radius 1 is 1.12 bits per heavy atom. The van der Waals surface area contributed by atoms with Gasteiger partial charge >= 0.3 is 5.69 Å². The Balaban J connectivity index is 1.52. The molecule has 4 rings (SSSR count). The SMILES string of the molecule is CCCCn1c(=O)[nH]c(=O)c2c1nc(CSc1nnc(NCc3ccccc3)s1)n2CC. The van der Waals surface area contributed by atoms with E-state index >= 15 is 0 Å². The highest BCUT2D eigenvalue weighted by Crippen LogP contribution is 2.29. The van der Waals surface area contributed by atoms with E-state index in [1.165, 1.54) is 28.7 Å². The molecule has 0 aliphatic carbocycles. The van der Waals surface area contributed by atoms with Gasteiger partial charge in [0.25, 0.3) is 5.56 Å². The maximum Gasteiger partial charge on any atom is 0.330 e. The summed E-state index contributed by atoms with van der Waals surface area (Å²) in [6.45, 7) is 5.83. The van der Waals surface area contributed by atoms with Gasteiger partial charge < -0.3 is 9.88 Å². The minimum atomic E-state index is -0.408. The third kappa shape index (κ3) is 4.78. The molecule has 0 amide bonds. The first-order chi connectivity index (χ1) is 15.6. The summed E-state index contributed by atoms with van der Waals surface area (Å²) in [6.07, 6.45) is 1.79. The summed E-state index contributed by atoms with van der Waals surface area (Å²) in [6, 6.07) is 10.1. The lowest BCUT2D eigenvalue weighted by atomic mass is 10.2. The Bertz CT molecular complexity index is 1310. The number of thioether (sulfide) groups is 1. The van der Waals surface area contributed by atoms with Crippen LogP contribution >= 0.6 is 23.1 Å². The summed E-state index contributed by atoms with van der Waals surface area (Å²) in [4.78, 5) is 32.0. The summed E-state index contributed by atoms with van der Waals surface area (Å²) in [5.41, 5.74) is 1.27. The molecule has 0 radical (unpaired) electrons. The molecule has 3 aromatic heterocycles. The van der Waals surface area contributed by atoms with Crippen LogP contribution in [0.25, 0.3) is 11.2 Å². The lowest BCUT2D eigenvalue weighted by molar-refractivity contribution is 0.613. The normalized spacial score (nSPS) is 11.3. The molecule has 0 unspecified atom stereocenters. The molecule has 2 N–H and O–H groups in total. The average molecular weight is 472 g/mol. The highest BCUT2D eigenvalue weighted by atomic mass is 32.2. The number of aromatic nitrogens is 6. The molecule has 0 aliphatic rings. The van der Waals surface area contributed by atoms with Gasteiger partial charge in [0.1, 0.15) is 5.82 Å². The van der Waals surface area contributed by atoms with Crippen molar-refractivity contribution in [3.63, 3.8) is 0 Å². The number of nitrogens with zero attached hydrogens (tertiary/aromatic N) is 5. The van der Waals surface area contributed by atoms with Crippen molar-refractivity contribution in [2.45, 2.75) is 56.4 Å². The number of fused-ring (bicyclic) bond motifs is 1. The third-order valence-electron chi connectivity index (χ3n) is 5.03. The van der Waals surface area contributed by atoms with Crippen molar-refractivity contribution in [1.29, 1.82) is 0 Å². The first-order valence-corrected chi connectivity index (χ1v) is 12.4. The van der Waals surface area contributed by atoms with Crippen LogP contribution in [0.3, 0.4) is 0 Å². The fourth-order valence-corrected chi connectivity index (χ4v) is 5.13. The van der Waals surface area contributed by atoms with Crippen LogP contribution in [-0.4, -0.2) is 29.3 Å². The minimum Gasteiger partial charge on any atom is -0.356 e. The number of imidazole rings is 1. The smallest absolute Gasteiger partial charge is 0.330 e. The second-order valence-electron chi connectivity index (χ2n) is 7.21. The Morgan fingerprint density at radius 3 is 2.69 bits per heavy atom. The summed E-state index contributed by atoms with van der Waals surface area (Å²) >= 11 is 3.00. The summed E-state index contributed by atoms with van der Waals surface area (Å²) < 4.78 is 4.25. The predicted octanol–water partition coefficient (Wildman–Crippen LogP) is 3.46. The number of hydrogen-bond donors (Lipinski definition) is 2. The molecule has 0 bridgehead atoms. The van der Waals surface area contributed by atoms with Gasteiger partial charge in [-0.05, 0) is 18.9 Å². The van der Waals surface area contributed by atoms with Gasteiger partial charge in [-0.3, -0.25) is 14.3 Å². The first-order valence-electron chi connectivity index (χ1n) is 10.6. The Hall–Kier alpha value is -2.92. The topological polar surface area (TPSA) is 110 Å². The molecule has 4 aromatic rings. The van der Waals surface area contributed by atoms with Crippen LogP contribution in [0, 0.1) is 0 Å². The lowest BCUT2D eigenvalue weighted by Crippen LogP contribution is -2.31. The number of H-pyrrole nitrogens is 1. The van der Waals surface area contributed by atoms with E-state index in [2.05, 4.69) is 44.5 Å². The van der Waals surface area contributed by atoms with Gasteiger partial charge in [-0.25, -0.2) is 9.78 Å². The fourth-order valence-electron chi connectivity index (χ4n) is 3.43. The van der Waals surface area contributed by atoms with Crippen LogP contribution in [0.15, 0.2) is 44.3 Å². The van der Waals surface area contributed by atoms with Gasteiger partial charge in [0, 0.05) is 19.6 Å². The molecule has 11 heteroatoms. The lowest BCUT2D eigenvalue weighted by Gasteiger charge is -2.06. The van der Waals surface area contributed by atoms with E-state index in [0.29, 0.717) is 36.6 Å². The number of hydrogen-bond acceptors (Lipinski definition) is 8. The highest BCUT2D eigenvalue weighted by molar-refractivity contribution is 8.00. The summed E-state index contributed by atoms with van der Waals surface area (Å²) in [5, 5.41) is 12.5. The predicted molar refractivity (Wildman–Crippen MR) is 128 cm³/mol. The second-order valence-corrected chi connectivity index (χ2v) is 9.41. The number of aryl methyl sites for hydroxylation is 2. The van der Waals surface area contributed by atoms with Crippen LogP contribution < -0.4 is 16.6 Å². The average Bonchev–Trinajstić information content (AvgIpc) is 3.41. The Labute approximate surface area is 192 Å². The van der Waals surface area contributed by atoms with E-state index in [0.717, 1.165) is 28.1 Å². The molecule has 0 spiro atoms. The number of rotatable bonds is 10. The highest BCUT2D eigenvalue weighted by Gasteiger charge is 2.18. The van der Waals surface area contributed by atoms with Gasteiger partial charge in [-0.15, -0.1) is 10.2 Å². The molecule has 0 fully saturated rings. The quantitative estimate of drug-likeness (QED) is 0.341. The van der Waals surface area contributed by atoms with E-state index in [4.69, 9.17) is 0 Å². The number of nitrogens with one attached hydrogen (secondary N) is 2. The number of benzene rings is 1. The zero-order chi connectivity index (χ0) is 22.5. The van der Waals surface area contributed by atoms with Crippen molar-refractivity contribution in [3.05, 3.63) is 62.6 Å². The monoisotopic (exact) mass is 471 g/mol. The number of unbranched alkanes of at least 4 members (excludes halogenated alkanes) is 1. The van der Waals surface area contributed by atoms with Crippen LogP contribution in [0.2, 0.25) is 0 Å². The molecular weight excluding hydrogens is 446 g/mol. The standard InChI is InChI=1S/C21H25N7O2S2/c1-3-5-11-28-17-16(18(29)24-20(28)30)27(4-2)15(23-17)13-31-21-26-25-19(32-21)22-12-14-9-7-6-8-10-14/h6-10H,3-5,11-13H2,1-2H3,(H,22,25)(H,24,29,30). The molecule has 0 saturated heterocycles. The van der Waals surface area contributed by atoms with Gasteiger partial charge in [-0.2, -0.15) is 0 Å². The van der Waals surface area contributed by atoms with Crippen molar-refractivity contribution < 1.29 is 0 Å². The van der Waals surface area contributed by atoms with Gasteiger partial charge in [-0.1, -0.05) is 66.8 Å². The number of aromatic amines is 1. The summed E-state index contributed by atoms with van der Waals surface area (Å²) in [7, 11) is 0. The third-order valence-corrected chi connectivity index (χ3v) is 7.04. The zero-order valence-electron chi connectivity index (χ0n) is 18.0. The zero-order valence-corrected chi connectivity index (χ0v) is 19.6. The van der Waals surface area contributed by atoms with Crippen LogP contribution in [0.4, 0.5) is 5.13 Å².